The van der Waals surface area contributed by atoms with Crippen molar-refractivity contribution in [3.8, 4) is 0 Å². The minimum atomic E-state index is -2.23. The summed E-state index contributed by atoms with van der Waals surface area (Å²) in [5, 5.41) is 6.02. The molecule has 6 nitrogen and oxygen atoms in total. The van der Waals surface area contributed by atoms with Crippen LogP contribution in [0.3, 0.4) is 0 Å². The molecule has 8 heteroatoms. The van der Waals surface area contributed by atoms with Crippen molar-refractivity contribution in [1.82, 2.24) is 15.1 Å². The molecule has 0 aliphatic rings. The molecule has 17 heavy (non-hydrogen) atoms. The first-order chi connectivity index (χ1) is 7.85. The van der Waals surface area contributed by atoms with Crippen LogP contribution in [0.5, 0.6) is 0 Å². The van der Waals surface area contributed by atoms with E-state index in [9.17, 15) is 14.0 Å². The fraction of sp³-hybridized carbons (Fsp3) is 0.444. The Labute approximate surface area is 102 Å². The average Bonchev–Trinajstić information content (AvgIpc) is 2.69. The predicted octanol–water partition coefficient (Wildman–Crippen LogP) is -0.222. The first-order valence-corrected chi connectivity index (χ1v) is 5.16. The Balaban J connectivity index is 2.82. The number of carbonyl (C=O) groups is 2. The molecule has 0 aliphatic heterocycles. The number of primary amides is 1. The minimum Gasteiger partial charge on any atom is -0.368 e. The third kappa shape index (κ3) is 3.42. The highest BCUT2D eigenvalue weighted by Gasteiger charge is 2.35. The van der Waals surface area contributed by atoms with E-state index in [1.54, 1.807) is 12.3 Å². The molecule has 1 heterocycles. The molecule has 3 N–H and O–H groups in total. The summed E-state index contributed by atoms with van der Waals surface area (Å²) < 4.78 is 13.9. The SMILES string of the molecule is CC(Cn1cccn1)(NC(=O)C(F)Cl)C(N)=O. The Morgan fingerprint density at radius 1 is 1.71 bits per heavy atom. The minimum absolute atomic E-state index is 0.00924. The van der Waals surface area contributed by atoms with Crippen molar-refractivity contribution in [2.45, 2.75) is 24.6 Å². The van der Waals surface area contributed by atoms with Crippen LogP contribution in [-0.4, -0.2) is 32.8 Å². The largest absolute Gasteiger partial charge is 0.368 e. The lowest BCUT2D eigenvalue weighted by molar-refractivity contribution is -0.132. The van der Waals surface area contributed by atoms with E-state index in [1.807, 2.05) is 0 Å². The van der Waals surface area contributed by atoms with Crippen LogP contribution in [0.1, 0.15) is 6.92 Å². The van der Waals surface area contributed by atoms with Gasteiger partial charge in [-0.05, 0) is 13.0 Å². The molecule has 0 aliphatic carbocycles. The Morgan fingerprint density at radius 2 is 2.35 bits per heavy atom. The van der Waals surface area contributed by atoms with Crippen LogP contribution in [-0.2, 0) is 16.1 Å². The number of nitrogens with zero attached hydrogens (tertiary/aromatic N) is 2. The number of rotatable bonds is 5. The number of amides is 2. The van der Waals surface area contributed by atoms with E-state index in [0.29, 0.717) is 0 Å². The lowest BCUT2D eigenvalue weighted by atomic mass is 10.0. The Kier molecular flexibility index (Phi) is 4.06. The molecule has 0 bridgehead atoms. The lowest BCUT2D eigenvalue weighted by Crippen LogP contribution is -2.59. The van der Waals surface area contributed by atoms with Gasteiger partial charge in [0.25, 0.3) is 11.5 Å². The van der Waals surface area contributed by atoms with Crippen LogP contribution in [0, 0.1) is 0 Å². The number of aromatic nitrogens is 2. The molecule has 2 unspecified atom stereocenters. The molecule has 2 amide bonds. The molecule has 1 aromatic heterocycles. The first-order valence-electron chi connectivity index (χ1n) is 4.72. The van der Waals surface area contributed by atoms with Crippen molar-refractivity contribution in [3.63, 3.8) is 0 Å². The second-order valence-corrected chi connectivity index (χ2v) is 4.07. The summed E-state index contributed by atoms with van der Waals surface area (Å²) >= 11 is 4.97. The first kappa shape index (κ1) is 13.4. The average molecular weight is 263 g/mol. The third-order valence-corrected chi connectivity index (χ3v) is 2.38. The summed E-state index contributed by atoms with van der Waals surface area (Å²) in [4.78, 5) is 22.4. The Bertz CT molecular complexity index is 409. The maximum atomic E-state index is 12.5. The number of halogens is 2. The quantitative estimate of drug-likeness (QED) is 0.719. The van der Waals surface area contributed by atoms with E-state index in [0.717, 1.165) is 0 Å². The second kappa shape index (κ2) is 5.13. The van der Waals surface area contributed by atoms with E-state index in [1.165, 1.54) is 17.8 Å². The standard InChI is InChI=1S/C9H12ClFN4O2/c1-9(8(12)17,14-7(16)6(10)11)5-15-4-2-3-13-15/h2-4,6H,5H2,1H3,(H2,12,17)(H,14,16). The molecule has 0 aromatic carbocycles. The fourth-order valence-corrected chi connectivity index (χ4v) is 1.28. The maximum absolute atomic E-state index is 12.5. The monoisotopic (exact) mass is 262 g/mol. The molecule has 0 radical (unpaired) electrons. The number of hydrogen-bond donors (Lipinski definition) is 2. The number of alkyl halides is 2. The third-order valence-electron chi connectivity index (χ3n) is 2.18. The van der Waals surface area contributed by atoms with Gasteiger partial charge in [-0.25, -0.2) is 4.39 Å². The van der Waals surface area contributed by atoms with Crippen LogP contribution in [0.15, 0.2) is 18.5 Å². The lowest BCUT2D eigenvalue weighted by Gasteiger charge is -2.27. The van der Waals surface area contributed by atoms with Crippen LogP contribution >= 0.6 is 11.6 Å². The molecule has 1 aromatic rings. The predicted molar refractivity (Wildman–Crippen MR) is 58.7 cm³/mol. The normalized spacial score (nSPS) is 15.9. The van der Waals surface area contributed by atoms with Crippen LogP contribution < -0.4 is 11.1 Å². The zero-order valence-corrected chi connectivity index (χ0v) is 9.82. The number of nitrogens with one attached hydrogen (secondary N) is 1. The van der Waals surface area contributed by atoms with E-state index in [2.05, 4.69) is 10.4 Å². The van der Waals surface area contributed by atoms with Gasteiger partial charge in [0, 0.05) is 12.4 Å². The highest BCUT2D eigenvalue weighted by molar-refractivity contribution is 6.29. The summed E-state index contributed by atoms with van der Waals surface area (Å²) in [6.07, 6.45) is 3.09. The molecule has 0 saturated carbocycles. The van der Waals surface area contributed by atoms with E-state index >= 15 is 0 Å². The van der Waals surface area contributed by atoms with Crippen molar-refractivity contribution in [3.05, 3.63) is 18.5 Å². The van der Waals surface area contributed by atoms with E-state index in [-0.39, 0.29) is 6.54 Å². The maximum Gasteiger partial charge on any atom is 0.271 e. The van der Waals surface area contributed by atoms with Gasteiger partial charge in [-0.2, -0.15) is 5.10 Å². The van der Waals surface area contributed by atoms with Gasteiger partial charge in [0.1, 0.15) is 5.54 Å². The summed E-state index contributed by atoms with van der Waals surface area (Å²) in [6.45, 7) is 1.36. The van der Waals surface area contributed by atoms with Crippen molar-refractivity contribution in [2.24, 2.45) is 5.73 Å². The van der Waals surface area contributed by atoms with Crippen molar-refractivity contribution < 1.29 is 14.0 Å². The van der Waals surface area contributed by atoms with Crippen LogP contribution in [0.25, 0.3) is 0 Å². The van der Waals surface area contributed by atoms with Gasteiger partial charge >= 0.3 is 0 Å². The zero-order chi connectivity index (χ0) is 13.1. The zero-order valence-electron chi connectivity index (χ0n) is 9.06. The van der Waals surface area contributed by atoms with Crippen LogP contribution in [0.4, 0.5) is 4.39 Å². The second-order valence-electron chi connectivity index (χ2n) is 3.69. The van der Waals surface area contributed by atoms with Crippen molar-refractivity contribution in [2.75, 3.05) is 0 Å². The fourth-order valence-electron chi connectivity index (χ4n) is 1.22. The van der Waals surface area contributed by atoms with Crippen molar-refractivity contribution >= 4 is 23.4 Å². The van der Waals surface area contributed by atoms with Gasteiger partial charge in [0.2, 0.25) is 5.91 Å². The van der Waals surface area contributed by atoms with Gasteiger partial charge in [-0.15, -0.1) is 0 Å². The van der Waals surface area contributed by atoms with Gasteiger partial charge in [0.15, 0.2) is 0 Å². The van der Waals surface area contributed by atoms with E-state index in [4.69, 9.17) is 17.3 Å². The van der Waals surface area contributed by atoms with Crippen molar-refractivity contribution in [1.29, 1.82) is 0 Å². The molecule has 94 valence electrons. The Hall–Kier alpha value is -1.63. The van der Waals surface area contributed by atoms with Crippen LogP contribution in [0.2, 0.25) is 0 Å². The smallest absolute Gasteiger partial charge is 0.271 e. The van der Waals surface area contributed by atoms with Gasteiger partial charge in [-0.3, -0.25) is 14.3 Å². The number of hydrogen-bond acceptors (Lipinski definition) is 3. The summed E-state index contributed by atoms with van der Waals surface area (Å²) in [7, 11) is 0. The summed E-state index contributed by atoms with van der Waals surface area (Å²) in [5.74, 6) is -1.92. The topological polar surface area (TPSA) is 90.0 Å². The number of nitrogens with two attached hydrogens (primary N) is 1. The molecule has 2 atom stereocenters. The summed E-state index contributed by atoms with van der Waals surface area (Å²) in [6, 6.07) is 1.64. The molecule has 0 fully saturated rings. The van der Waals surface area contributed by atoms with E-state index < -0.39 is 23.0 Å². The highest BCUT2D eigenvalue weighted by atomic mass is 35.5. The Morgan fingerprint density at radius 3 is 2.76 bits per heavy atom. The molecular formula is C9H12ClFN4O2. The van der Waals surface area contributed by atoms with Gasteiger partial charge < -0.3 is 11.1 Å². The molecule has 0 saturated heterocycles. The van der Waals surface area contributed by atoms with Gasteiger partial charge in [-0.1, -0.05) is 11.6 Å². The summed E-state index contributed by atoms with van der Waals surface area (Å²) in [5.41, 5.74) is 1.49. The highest BCUT2D eigenvalue weighted by Crippen LogP contribution is 2.09. The molecular weight excluding hydrogens is 251 g/mol. The molecule has 1 rings (SSSR count). The number of carbonyl (C=O) groups excluding carboxylic acids is 2. The molecule has 0 spiro atoms. The van der Waals surface area contributed by atoms with Gasteiger partial charge in [0.05, 0.1) is 6.54 Å².